The van der Waals surface area contributed by atoms with Crippen LogP contribution in [0.3, 0.4) is 0 Å². The lowest BCUT2D eigenvalue weighted by Crippen LogP contribution is -2.32. The van der Waals surface area contributed by atoms with Crippen LogP contribution in [-0.4, -0.2) is 25.5 Å². The van der Waals surface area contributed by atoms with E-state index in [1.807, 2.05) is 25.1 Å². The topological polar surface area (TPSA) is 44.4 Å². The summed E-state index contributed by atoms with van der Waals surface area (Å²) < 4.78 is 0. The van der Waals surface area contributed by atoms with Crippen LogP contribution in [-0.2, 0) is 4.79 Å². The van der Waals surface area contributed by atoms with Gasteiger partial charge in [0.1, 0.15) is 0 Å². The summed E-state index contributed by atoms with van der Waals surface area (Å²) >= 11 is 0. The molecule has 0 spiro atoms. The molecule has 2 aromatic carbocycles. The maximum Gasteiger partial charge on any atom is 0.243 e. The third-order valence-corrected chi connectivity index (χ3v) is 5.26. The van der Waals surface area contributed by atoms with Crippen LogP contribution in [0.25, 0.3) is 0 Å². The van der Waals surface area contributed by atoms with Crippen molar-refractivity contribution in [1.29, 1.82) is 0 Å². The Morgan fingerprint density at radius 1 is 1.00 bits per heavy atom. The number of hydrogen-bond donors (Lipinski definition) is 2. The molecule has 0 aliphatic carbocycles. The van der Waals surface area contributed by atoms with Crippen LogP contribution in [0.15, 0.2) is 42.5 Å². The molecule has 1 aliphatic rings. The second kappa shape index (κ2) is 8.26. The van der Waals surface area contributed by atoms with Gasteiger partial charge >= 0.3 is 0 Å². The summed E-state index contributed by atoms with van der Waals surface area (Å²) in [6, 6.07) is 14.3. The predicted molar refractivity (Wildman–Crippen MR) is 110 cm³/mol. The Morgan fingerprint density at radius 2 is 1.65 bits per heavy atom. The SMILES string of the molecule is Cc1ccc(NC(=O)CNc2ccc(N3CCC(C)CC3)cc2)cc1C. The fourth-order valence-electron chi connectivity index (χ4n) is 3.26. The normalized spacial score (nSPS) is 15.0. The Morgan fingerprint density at radius 3 is 2.31 bits per heavy atom. The maximum absolute atomic E-state index is 12.1. The monoisotopic (exact) mass is 351 g/mol. The second-order valence-corrected chi connectivity index (χ2v) is 7.42. The number of hydrogen-bond acceptors (Lipinski definition) is 3. The van der Waals surface area contributed by atoms with Crippen LogP contribution < -0.4 is 15.5 Å². The Hall–Kier alpha value is -2.49. The summed E-state index contributed by atoms with van der Waals surface area (Å²) in [5.41, 5.74) is 5.48. The molecule has 3 rings (SSSR count). The number of benzene rings is 2. The first-order chi connectivity index (χ1) is 12.5. The van der Waals surface area contributed by atoms with Crippen LogP contribution in [0.5, 0.6) is 0 Å². The first kappa shape index (κ1) is 18.3. The van der Waals surface area contributed by atoms with Crippen molar-refractivity contribution >= 4 is 23.0 Å². The molecular formula is C22H29N3O. The number of carbonyl (C=O) groups excluding carboxylic acids is 1. The molecular weight excluding hydrogens is 322 g/mol. The minimum absolute atomic E-state index is 0.0395. The average molecular weight is 351 g/mol. The molecule has 1 fully saturated rings. The van der Waals surface area contributed by atoms with Gasteiger partial charge in [0.05, 0.1) is 6.54 Å². The molecule has 2 aromatic rings. The number of amides is 1. The highest BCUT2D eigenvalue weighted by Gasteiger charge is 2.15. The molecule has 0 atom stereocenters. The van der Waals surface area contributed by atoms with E-state index in [2.05, 4.69) is 53.6 Å². The Labute approximate surface area is 156 Å². The van der Waals surface area contributed by atoms with E-state index in [1.54, 1.807) is 0 Å². The number of rotatable bonds is 5. The van der Waals surface area contributed by atoms with Gasteiger partial charge in [-0.3, -0.25) is 4.79 Å². The first-order valence-corrected chi connectivity index (χ1v) is 9.47. The van der Waals surface area contributed by atoms with Gasteiger partial charge in [-0.05, 0) is 80.1 Å². The molecule has 0 radical (unpaired) electrons. The Balaban J connectivity index is 1.49. The van der Waals surface area contributed by atoms with Crippen LogP contribution in [0.4, 0.5) is 17.1 Å². The summed E-state index contributed by atoms with van der Waals surface area (Å²) in [5, 5.41) is 6.14. The minimum Gasteiger partial charge on any atom is -0.376 e. The van der Waals surface area contributed by atoms with Crippen molar-refractivity contribution in [1.82, 2.24) is 0 Å². The van der Waals surface area contributed by atoms with E-state index < -0.39 is 0 Å². The van der Waals surface area contributed by atoms with Gasteiger partial charge in [0, 0.05) is 30.2 Å². The summed E-state index contributed by atoms with van der Waals surface area (Å²) in [7, 11) is 0. The Bertz CT molecular complexity index is 746. The smallest absolute Gasteiger partial charge is 0.243 e. The lowest BCUT2D eigenvalue weighted by molar-refractivity contribution is -0.114. The summed E-state index contributed by atoms with van der Waals surface area (Å²) in [5.74, 6) is 0.797. The highest BCUT2D eigenvalue weighted by Crippen LogP contribution is 2.24. The summed E-state index contributed by atoms with van der Waals surface area (Å²) in [6.45, 7) is 8.96. The van der Waals surface area contributed by atoms with E-state index in [0.29, 0.717) is 0 Å². The number of anilines is 3. The molecule has 4 nitrogen and oxygen atoms in total. The molecule has 26 heavy (non-hydrogen) atoms. The van der Waals surface area contributed by atoms with E-state index in [1.165, 1.54) is 29.7 Å². The van der Waals surface area contributed by atoms with Crippen LogP contribution in [0, 0.1) is 19.8 Å². The van der Waals surface area contributed by atoms with Crippen molar-refractivity contribution in [3.63, 3.8) is 0 Å². The van der Waals surface area contributed by atoms with Gasteiger partial charge in [-0.15, -0.1) is 0 Å². The predicted octanol–water partition coefficient (Wildman–Crippen LogP) is 4.59. The van der Waals surface area contributed by atoms with E-state index in [9.17, 15) is 4.79 Å². The van der Waals surface area contributed by atoms with Crippen molar-refractivity contribution in [2.75, 3.05) is 35.2 Å². The molecule has 0 aromatic heterocycles. The molecule has 1 aliphatic heterocycles. The number of nitrogens with one attached hydrogen (secondary N) is 2. The highest BCUT2D eigenvalue weighted by atomic mass is 16.1. The third kappa shape index (κ3) is 4.78. The van der Waals surface area contributed by atoms with E-state index >= 15 is 0 Å². The molecule has 1 heterocycles. The number of aryl methyl sites for hydroxylation is 2. The van der Waals surface area contributed by atoms with Crippen LogP contribution >= 0.6 is 0 Å². The fourth-order valence-corrected chi connectivity index (χ4v) is 3.26. The summed E-state index contributed by atoms with van der Waals surface area (Å²) in [6.07, 6.45) is 2.53. The zero-order chi connectivity index (χ0) is 18.5. The van der Waals surface area contributed by atoms with Crippen molar-refractivity contribution in [2.45, 2.75) is 33.6 Å². The molecule has 0 bridgehead atoms. The van der Waals surface area contributed by atoms with Crippen LogP contribution in [0.2, 0.25) is 0 Å². The second-order valence-electron chi connectivity index (χ2n) is 7.42. The van der Waals surface area contributed by atoms with Gasteiger partial charge in [0.2, 0.25) is 5.91 Å². The number of nitrogens with zero attached hydrogens (tertiary/aromatic N) is 1. The molecule has 1 saturated heterocycles. The van der Waals surface area contributed by atoms with E-state index in [4.69, 9.17) is 0 Å². The highest BCUT2D eigenvalue weighted by molar-refractivity contribution is 5.93. The zero-order valence-electron chi connectivity index (χ0n) is 16.0. The lowest BCUT2D eigenvalue weighted by Gasteiger charge is -2.32. The molecule has 1 amide bonds. The lowest BCUT2D eigenvalue weighted by atomic mass is 9.99. The molecule has 0 saturated carbocycles. The standard InChI is InChI=1S/C22H29N3O/c1-16-10-12-25(13-11-16)21-8-6-19(7-9-21)23-15-22(26)24-20-5-4-17(2)18(3)14-20/h4-9,14,16,23H,10-13,15H2,1-3H3,(H,24,26). The summed E-state index contributed by atoms with van der Waals surface area (Å²) in [4.78, 5) is 14.6. The average Bonchev–Trinajstić information content (AvgIpc) is 2.64. The minimum atomic E-state index is -0.0395. The van der Waals surface area contributed by atoms with Crippen molar-refractivity contribution in [3.8, 4) is 0 Å². The van der Waals surface area contributed by atoms with E-state index in [0.717, 1.165) is 30.4 Å². The third-order valence-electron chi connectivity index (χ3n) is 5.26. The largest absolute Gasteiger partial charge is 0.376 e. The first-order valence-electron chi connectivity index (χ1n) is 9.47. The maximum atomic E-state index is 12.1. The van der Waals surface area contributed by atoms with Crippen LogP contribution in [0.1, 0.15) is 30.9 Å². The molecule has 0 unspecified atom stereocenters. The number of piperidine rings is 1. The quantitative estimate of drug-likeness (QED) is 0.828. The fraction of sp³-hybridized carbons (Fsp3) is 0.409. The van der Waals surface area contributed by atoms with E-state index in [-0.39, 0.29) is 12.5 Å². The molecule has 2 N–H and O–H groups in total. The van der Waals surface area contributed by atoms with Gasteiger partial charge < -0.3 is 15.5 Å². The van der Waals surface area contributed by atoms with Gasteiger partial charge in [-0.25, -0.2) is 0 Å². The van der Waals surface area contributed by atoms with Gasteiger partial charge in [-0.2, -0.15) is 0 Å². The Kier molecular flexibility index (Phi) is 5.82. The number of carbonyl (C=O) groups is 1. The molecule has 4 heteroatoms. The molecule has 138 valence electrons. The zero-order valence-corrected chi connectivity index (χ0v) is 16.0. The van der Waals surface area contributed by atoms with Gasteiger partial charge in [-0.1, -0.05) is 13.0 Å². The van der Waals surface area contributed by atoms with Crippen molar-refractivity contribution in [2.24, 2.45) is 5.92 Å². The van der Waals surface area contributed by atoms with Gasteiger partial charge in [0.15, 0.2) is 0 Å². The van der Waals surface area contributed by atoms with Crippen molar-refractivity contribution in [3.05, 3.63) is 53.6 Å². The van der Waals surface area contributed by atoms with Gasteiger partial charge in [0.25, 0.3) is 0 Å². The van der Waals surface area contributed by atoms with Crippen molar-refractivity contribution < 1.29 is 4.79 Å².